The highest BCUT2D eigenvalue weighted by atomic mass is 16.8. The molecule has 4 atom stereocenters. The number of carboxylic acid groups (broad SMARTS) is 1. The molecule has 3 aliphatic rings. The molecule has 1 spiro atoms. The summed E-state index contributed by atoms with van der Waals surface area (Å²) in [7, 11) is 2.13. The number of carboxylic acids is 1. The molecule has 5 heteroatoms. The fourth-order valence-electron chi connectivity index (χ4n) is 3.49. The summed E-state index contributed by atoms with van der Waals surface area (Å²) in [6.45, 7) is 1.32. The van der Waals surface area contributed by atoms with Crippen LogP contribution >= 0.6 is 0 Å². The van der Waals surface area contributed by atoms with Crippen molar-refractivity contribution in [1.29, 1.82) is 0 Å². The fraction of sp³-hybridized carbons (Fsp3) is 0.917. The molecular weight excluding hydrogens is 222 g/mol. The summed E-state index contributed by atoms with van der Waals surface area (Å²) in [5.74, 6) is -0.798. The van der Waals surface area contributed by atoms with E-state index in [2.05, 4.69) is 11.9 Å². The van der Waals surface area contributed by atoms with Crippen molar-refractivity contribution in [3.05, 3.63) is 0 Å². The molecule has 0 aromatic rings. The lowest BCUT2D eigenvalue weighted by atomic mass is 9.81. The lowest BCUT2D eigenvalue weighted by Gasteiger charge is -2.40. The van der Waals surface area contributed by atoms with Gasteiger partial charge in [0.25, 0.3) is 0 Å². The highest BCUT2D eigenvalue weighted by Gasteiger charge is 2.51. The number of likely N-dealkylation sites (tertiary alicyclic amines) is 1. The standard InChI is InChI=1S/C12H19NO4/c1-13-5-3-8-2-4-12(6-9(8)13)16-7-10(17-12)11(14)15/h8-10H,2-7H2,1H3,(H,14,15)/t8-,9-,10?,12?/m0/s1. The summed E-state index contributed by atoms with van der Waals surface area (Å²) < 4.78 is 11.3. The Bertz CT molecular complexity index is 334. The van der Waals surface area contributed by atoms with Gasteiger partial charge in [0, 0.05) is 18.9 Å². The van der Waals surface area contributed by atoms with Crippen molar-refractivity contribution in [2.75, 3.05) is 20.2 Å². The van der Waals surface area contributed by atoms with Gasteiger partial charge in [0.15, 0.2) is 11.9 Å². The van der Waals surface area contributed by atoms with Gasteiger partial charge in [0.2, 0.25) is 0 Å². The van der Waals surface area contributed by atoms with Crippen molar-refractivity contribution >= 4 is 5.97 Å². The highest BCUT2D eigenvalue weighted by molar-refractivity contribution is 5.72. The third-order valence-corrected chi connectivity index (χ3v) is 4.51. The second kappa shape index (κ2) is 3.93. The van der Waals surface area contributed by atoms with Gasteiger partial charge in [-0.15, -0.1) is 0 Å². The van der Waals surface area contributed by atoms with Gasteiger partial charge in [-0.3, -0.25) is 0 Å². The summed E-state index contributed by atoms with van der Waals surface area (Å²) in [6, 6.07) is 0.497. The molecule has 1 aliphatic carbocycles. The number of carbonyl (C=O) groups is 1. The number of aliphatic carboxylic acids is 1. The van der Waals surface area contributed by atoms with Crippen LogP contribution in [0.3, 0.4) is 0 Å². The van der Waals surface area contributed by atoms with Gasteiger partial charge in [-0.2, -0.15) is 0 Å². The first-order chi connectivity index (χ1) is 8.10. The number of nitrogens with zero attached hydrogens (tertiary/aromatic N) is 1. The van der Waals surface area contributed by atoms with Gasteiger partial charge >= 0.3 is 5.97 Å². The molecule has 0 bridgehead atoms. The van der Waals surface area contributed by atoms with Crippen molar-refractivity contribution in [2.24, 2.45) is 5.92 Å². The maximum Gasteiger partial charge on any atom is 0.335 e. The molecule has 96 valence electrons. The van der Waals surface area contributed by atoms with E-state index in [4.69, 9.17) is 14.6 Å². The molecule has 0 aromatic carbocycles. The van der Waals surface area contributed by atoms with E-state index < -0.39 is 17.9 Å². The average molecular weight is 241 g/mol. The predicted molar refractivity (Wildman–Crippen MR) is 59.6 cm³/mol. The molecule has 0 aromatic heterocycles. The molecule has 1 saturated carbocycles. The van der Waals surface area contributed by atoms with E-state index in [1.54, 1.807) is 0 Å². The molecular formula is C12H19NO4. The Balaban J connectivity index is 1.71. The van der Waals surface area contributed by atoms with E-state index in [0.717, 1.165) is 31.7 Å². The van der Waals surface area contributed by atoms with E-state index in [1.165, 1.54) is 6.42 Å². The number of ether oxygens (including phenoxy) is 2. The van der Waals surface area contributed by atoms with E-state index in [-0.39, 0.29) is 6.61 Å². The van der Waals surface area contributed by atoms with Crippen LogP contribution in [0.5, 0.6) is 0 Å². The van der Waals surface area contributed by atoms with Gasteiger partial charge in [0.1, 0.15) is 0 Å². The smallest absolute Gasteiger partial charge is 0.335 e. The second-order valence-corrected chi connectivity index (χ2v) is 5.51. The van der Waals surface area contributed by atoms with Crippen LogP contribution in [0.4, 0.5) is 0 Å². The van der Waals surface area contributed by atoms with Crippen LogP contribution in [0.1, 0.15) is 25.7 Å². The number of hydrogen-bond donors (Lipinski definition) is 1. The minimum absolute atomic E-state index is 0.191. The second-order valence-electron chi connectivity index (χ2n) is 5.51. The number of fused-ring (bicyclic) bond motifs is 1. The molecule has 2 aliphatic heterocycles. The number of rotatable bonds is 1. The summed E-state index contributed by atoms with van der Waals surface area (Å²) in [5, 5.41) is 8.95. The minimum Gasteiger partial charge on any atom is -0.479 e. The molecule has 1 N–H and O–H groups in total. The Morgan fingerprint density at radius 1 is 1.47 bits per heavy atom. The molecule has 3 rings (SSSR count). The first-order valence-electron chi connectivity index (χ1n) is 6.34. The fourth-order valence-corrected chi connectivity index (χ4v) is 3.49. The summed E-state index contributed by atoms with van der Waals surface area (Å²) in [4.78, 5) is 13.3. The maximum atomic E-state index is 10.9. The summed E-state index contributed by atoms with van der Waals surface area (Å²) in [6.07, 6.45) is 3.21. The molecule has 2 unspecified atom stereocenters. The topological polar surface area (TPSA) is 59.0 Å². The first-order valence-corrected chi connectivity index (χ1v) is 6.34. The zero-order chi connectivity index (χ0) is 12.0. The van der Waals surface area contributed by atoms with Crippen LogP contribution < -0.4 is 0 Å². The average Bonchev–Trinajstić information content (AvgIpc) is 2.86. The molecule has 0 radical (unpaired) electrons. The van der Waals surface area contributed by atoms with Gasteiger partial charge in [-0.1, -0.05) is 0 Å². The monoisotopic (exact) mass is 241 g/mol. The molecule has 2 heterocycles. The van der Waals surface area contributed by atoms with E-state index in [0.29, 0.717) is 6.04 Å². The molecule has 5 nitrogen and oxygen atoms in total. The normalized spacial score (nSPS) is 46.3. The van der Waals surface area contributed by atoms with Crippen LogP contribution in [0.2, 0.25) is 0 Å². The van der Waals surface area contributed by atoms with Crippen LogP contribution in [-0.4, -0.2) is 54.1 Å². The van der Waals surface area contributed by atoms with Crippen LogP contribution in [-0.2, 0) is 14.3 Å². The molecule has 17 heavy (non-hydrogen) atoms. The third kappa shape index (κ3) is 1.86. The predicted octanol–water partition coefficient (Wildman–Crippen LogP) is 0.687. The maximum absolute atomic E-state index is 10.9. The van der Waals surface area contributed by atoms with Crippen molar-refractivity contribution < 1.29 is 19.4 Å². The quantitative estimate of drug-likeness (QED) is 0.732. The van der Waals surface area contributed by atoms with Gasteiger partial charge in [-0.25, -0.2) is 4.79 Å². The zero-order valence-corrected chi connectivity index (χ0v) is 10.1. The molecule has 2 saturated heterocycles. The molecule has 3 fully saturated rings. The van der Waals surface area contributed by atoms with Gasteiger partial charge < -0.3 is 19.5 Å². The Morgan fingerprint density at radius 2 is 2.29 bits per heavy atom. The van der Waals surface area contributed by atoms with E-state index >= 15 is 0 Å². The van der Waals surface area contributed by atoms with Crippen molar-refractivity contribution in [3.8, 4) is 0 Å². The van der Waals surface area contributed by atoms with E-state index in [9.17, 15) is 4.79 Å². The summed E-state index contributed by atoms with van der Waals surface area (Å²) >= 11 is 0. The Hall–Kier alpha value is -0.650. The van der Waals surface area contributed by atoms with Gasteiger partial charge in [0.05, 0.1) is 6.61 Å². The van der Waals surface area contributed by atoms with Crippen LogP contribution in [0, 0.1) is 5.92 Å². The molecule has 0 amide bonds. The van der Waals surface area contributed by atoms with Crippen molar-refractivity contribution in [3.63, 3.8) is 0 Å². The SMILES string of the molecule is CN1CC[C@@H]2CCC3(C[C@@H]21)OCC(C(=O)O)O3. The van der Waals surface area contributed by atoms with Crippen molar-refractivity contribution in [1.82, 2.24) is 4.90 Å². The Morgan fingerprint density at radius 3 is 3.00 bits per heavy atom. The van der Waals surface area contributed by atoms with Gasteiger partial charge in [-0.05, 0) is 32.4 Å². The van der Waals surface area contributed by atoms with Crippen LogP contribution in [0.25, 0.3) is 0 Å². The lowest BCUT2D eigenvalue weighted by Crippen LogP contribution is -2.46. The zero-order valence-electron chi connectivity index (χ0n) is 10.1. The Labute approximate surface area is 101 Å². The minimum atomic E-state index is -0.913. The van der Waals surface area contributed by atoms with E-state index in [1.807, 2.05) is 0 Å². The largest absolute Gasteiger partial charge is 0.479 e. The highest BCUT2D eigenvalue weighted by Crippen LogP contribution is 2.45. The van der Waals surface area contributed by atoms with Crippen LogP contribution in [0.15, 0.2) is 0 Å². The lowest BCUT2D eigenvalue weighted by molar-refractivity contribution is -0.205. The number of hydrogen-bond acceptors (Lipinski definition) is 4. The summed E-state index contributed by atoms with van der Waals surface area (Å²) in [5.41, 5.74) is 0. The first kappa shape index (κ1) is 11.4. The van der Waals surface area contributed by atoms with Crippen molar-refractivity contribution in [2.45, 2.75) is 43.6 Å². The Kier molecular flexibility index (Phi) is 2.65. The third-order valence-electron chi connectivity index (χ3n) is 4.51.